The summed E-state index contributed by atoms with van der Waals surface area (Å²) >= 11 is 8.91. The summed E-state index contributed by atoms with van der Waals surface area (Å²) in [6.07, 6.45) is 1.02. The number of likely N-dealkylation sites (N-methyl/N-ethyl adjacent to an activating group) is 1. The van der Waals surface area contributed by atoms with Gasteiger partial charge in [-0.05, 0) is 59.2 Å². The molecule has 1 aromatic carbocycles. The molecule has 1 aromatic heterocycles. The number of halogens is 2. The van der Waals surface area contributed by atoms with Gasteiger partial charge in [-0.1, -0.05) is 28.1 Å². The molecule has 0 aliphatic carbocycles. The van der Waals surface area contributed by atoms with Crippen LogP contribution < -0.4 is 5.32 Å². The smallest absolute Gasteiger partial charge is 0.0701 e. The van der Waals surface area contributed by atoms with Crippen molar-refractivity contribution in [1.82, 2.24) is 5.32 Å². The Bertz CT molecular complexity index is 536. The summed E-state index contributed by atoms with van der Waals surface area (Å²) < 4.78 is 2.37. The molecular formula is C14H15Br2NS. The lowest BCUT2D eigenvalue weighted by molar-refractivity contribution is 0.596. The van der Waals surface area contributed by atoms with Crippen LogP contribution >= 0.6 is 43.2 Å². The normalized spacial score (nSPS) is 12.7. The largest absolute Gasteiger partial charge is 0.313 e. The van der Waals surface area contributed by atoms with Gasteiger partial charge in [-0.3, -0.25) is 0 Å². The summed E-state index contributed by atoms with van der Waals surface area (Å²) in [7, 11) is 2.01. The van der Waals surface area contributed by atoms with Gasteiger partial charge < -0.3 is 5.32 Å². The van der Waals surface area contributed by atoms with Gasteiger partial charge in [0, 0.05) is 21.8 Å². The van der Waals surface area contributed by atoms with E-state index in [0.717, 1.165) is 6.42 Å². The van der Waals surface area contributed by atoms with E-state index in [1.54, 1.807) is 11.3 Å². The van der Waals surface area contributed by atoms with Crippen molar-refractivity contribution in [2.24, 2.45) is 0 Å². The fraction of sp³-hybridized carbons (Fsp3) is 0.286. The number of aryl methyl sites for hydroxylation is 1. The molecule has 1 atom stereocenters. The second-order valence-corrected chi connectivity index (χ2v) is 7.66. The van der Waals surface area contributed by atoms with Crippen LogP contribution in [0, 0.1) is 6.92 Å². The van der Waals surface area contributed by atoms with Crippen molar-refractivity contribution in [1.29, 1.82) is 0 Å². The second kappa shape index (κ2) is 6.33. The van der Waals surface area contributed by atoms with E-state index in [4.69, 9.17) is 0 Å². The van der Waals surface area contributed by atoms with E-state index in [1.807, 2.05) is 7.05 Å². The van der Waals surface area contributed by atoms with Gasteiger partial charge in [0.05, 0.1) is 3.79 Å². The van der Waals surface area contributed by atoms with Crippen LogP contribution in [0.1, 0.15) is 22.0 Å². The maximum absolute atomic E-state index is 3.60. The van der Waals surface area contributed by atoms with Crippen molar-refractivity contribution in [3.05, 3.63) is 54.6 Å². The number of rotatable bonds is 4. The molecule has 18 heavy (non-hydrogen) atoms. The monoisotopic (exact) mass is 387 g/mol. The first-order valence-corrected chi connectivity index (χ1v) is 8.18. The molecule has 0 fully saturated rings. The van der Waals surface area contributed by atoms with E-state index in [0.29, 0.717) is 6.04 Å². The quantitative estimate of drug-likeness (QED) is 0.769. The Morgan fingerprint density at radius 1 is 1.22 bits per heavy atom. The van der Waals surface area contributed by atoms with E-state index < -0.39 is 0 Å². The molecule has 0 amide bonds. The highest BCUT2D eigenvalue weighted by Gasteiger charge is 2.12. The van der Waals surface area contributed by atoms with Gasteiger partial charge >= 0.3 is 0 Å². The number of benzene rings is 1. The minimum absolute atomic E-state index is 0.354. The fourth-order valence-electron chi connectivity index (χ4n) is 1.88. The molecule has 0 spiro atoms. The van der Waals surface area contributed by atoms with Crippen LogP contribution in [0.5, 0.6) is 0 Å². The average Bonchev–Trinajstić information content (AvgIpc) is 2.75. The van der Waals surface area contributed by atoms with Crippen molar-refractivity contribution < 1.29 is 0 Å². The predicted molar refractivity (Wildman–Crippen MR) is 86.4 cm³/mol. The summed E-state index contributed by atoms with van der Waals surface area (Å²) in [5, 5.41) is 3.39. The third kappa shape index (κ3) is 3.44. The third-order valence-electron chi connectivity index (χ3n) is 2.98. The summed E-state index contributed by atoms with van der Waals surface area (Å²) in [5.41, 5.74) is 2.59. The molecule has 0 bridgehead atoms. The van der Waals surface area contributed by atoms with Gasteiger partial charge in [0.25, 0.3) is 0 Å². The van der Waals surface area contributed by atoms with E-state index in [-0.39, 0.29) is 0 Å². The molecule has 96 valence electrons. The van der Waals surface area contributed by atoms with Gasteiger partial charge in [-0.15, -0.1) is 11.3 Å². The Balaban J connectivity index is 2.19. The summed E-state index contributed by atoms with van der Waals surface area (Å²) in [6, 6.07) is 11.2. The lowest BCUT2D eigenvalue weighted by atomic mass is 10.0. The minimum atomic E-state index is 0.354. The van der Waals surface area contributed by atoms with Crippen molar-refractivity contribution in [3.63, 3.8) is 0 Å². The first-order chi connectivity index (χ1) is 8.60. The fourth-order valence-corrected chi connectivity index (χ4v) is 3.80. The number of hydrogen-bond donors (Lipinski definition) is 1. The Hall–Kier alpha value is -0.160. The molecule has 0 saturated heterocycles. The maximum Gasteiger partial charge on any atom is 0.0701 e. The average molecular weight is 389 g/mol. The Labute approximate surface area is 129 Å². The SMILES string of the molecule is CNC(Cc1ccc(Br)s1)c1ccc(C)c(Br)c1. The number of hydrogen-bond acceptors (Lipinski definition) is 2. The van der Waals surface area contributed by atoms with Crippen molar-refractivity contribution in [3.8, 4) is 0 Å². The lowest BCUT2D eigenvalue weighted by Crippen LogP contribution is -2.18. The molecule has 0 radical (unpaired) electrons. The zero-order valence-electron chi connectivity index (χ0n) is 10.3. The minimum Gasteiger partial charge on any atom is -0.313 e. The van der Waals surface area contributed by atoms with E-state index >= 15 is 0 Å². The van der Waals surface area contributed by atoms with Gasteiger partial charge in [0.1, 0.15) is 0 Å². The Kier molecular flexibility index (Phi) is 5.01. The molecule has 0 aliphatic heterocycles. The van der Waals surface area contributed by atoms with Gasteiger partial charge in [-0.2, -0.15) is 0 Å². The lowest BCUT2D eigenvalue weighted by Gasteiger charge is -2.16. The maximum atomic E-state index is 3.60. The van der Waals surface area contributed by atoms with Crippen molar-refractivity contribution >= 4 is 43.2 Å². The summed E-state index contributed by atoms with van der Waals surface area (Å²) in [4.78, 5) is 1.39. The third-order valence-corrected chi connectivity index (χ3v) is 5.48. The first-order valence-electron chi connectivity index (χ1n) is 5.77. The molecule has 4 heteroatoms. The summed E-state index contributed by atoms with van der Waals surface area (Å²) in [5.74, 6) is 0. The highest BCUT2D eigenvalue weighted by Crippen LogP contribution is 2.28. The zero-order valence-corrected chi connectivity index (χ0v) is 14.3. The van der Waals surface area contributed by atoms with Crippen molar-refractivity contribution in [2.45, 2.75) is 19.4 Å². The van der Waals surface area contributed by atoms with Crippen molar-refractivity contribution in [2.75, 3.05) is 7.05 Å². The first kappa shape index (κ1) is 14.3. The number of nitrogens with one attached hydrogen (secondary N) is 1. The summed E-state index contributed by atoms with van der Waals surface area (Å²) in [6.45, 7) is 2.11. The highest BCUT2D eigenvalue weighted by atomic mass is 79.9. The van der Waals surface area contributed by atoms with Crippen LogP contribution in [-0.2, 0) is 6.42 Å². The van der Waals surface area contributed by atoms with Crippen LogP contribution in [0.4, 0.5) is 0 Å². The second-order valence-electron chi connectivity index (χ2n) is 4.26. The molecule has 1 heterocycles. The van der Waals surface area contributed by atoms with Crippen LogP contribution in [0.2, 0.25) is 0 Å². The standard InChI is InChI=1S/C14H15Br2NS/c1-9-3-4-10(7-12(9)15)13(17-2)8-11-5-6-14(16)18-11/h3-7,13,17H,8H2,1-2H3. The Morgan fingerprint density at radius 2 is 2.00 bits per heavy atom. The van der Waals surface area contributed by atoms with E-state index in [2.05, 4.69) is 74.4 Å². The molecule has 1 unspecified atom stereocenters. The molecule has 2 rings (SSSR count). The Morgan fingerprint density at radius 3 is 2.56 bits per heavy atom. The van der Waals surface area contributed by atoms with Crippen LogP contribution in [-0.4, -0.2) is 7.05 Å². The van der Waals surface area contributed by atoms with Gasteiger partial charge in [0.15, 0.2) is 0 Å². The highest BCUT2D eigenvalue weighted by molar-refractivity contribution is 9.11. The molecule has 0 aliphatic rings. The van der Waals surface area contributed by atoms with Crippen LogP contribution in [0.25, 0.3) is 0 Å². The zero-order chi connectivity index (χ0) is 13.1. The molecule has 0 saturated carbocycles. The molecule has 1 nitrogen and oxygen atoms in total. The van der Waals surface area contributed by atoms with E-state index in [1.165, 1.54) is 24.3 Å². The van der Waals surface area contributed by atoms with Crippen LogP contribution in [0.15, 0.2) is 38.6 Å². The van der Waals surface area contributed by atoms with Gasteiger partial charge in [-0.25, -0.2) is 0 Å². The van der Waals surface area contributed by atoms with Crippen LogP contribution in [0.3, 0.4) is 0 Å². The topological polar surface area (TPSA) is 12.0 Å². The molecular weight excluding hydrogens is 374 g/mol. The predicted octanol–water partition coefficient (Wildman–Crippen LogP) is 5.08. The van der Waals surface area contributed by atoms with Gasteiger partial charge in [0.2, 0.25) is 0 Å². The molecule has 2 aromatic rings. The number of thiophene rings is 1. The van der Waals surface area contributed by atoms with E-state index in [9.17, 15) is 0 Å². The molecule has 1 N–H and O–H groups in total.